The fourth-order valence-corrected chi connectivity index (χ4v) is 1.64. The maximum atomic E-state index is 13.7. The lowest BCUT2D eigenvalue weighted by molar-refractivity contribution is 0.300. The van der Waals surface area contributed by atoms with Gasteiger partial charge in [0.2, 0.25) is 0 Å². The Labute approximate surface area is 111 Å². The monoisotopic (exact) mass is 260 g/mol. The van der Waals surface area contributed by atoms with E-state index in [1.54, 1.807) is 0 Å². The van der Waals surface area contributed by atoms with Gasteiger partial charge in [-0.15, -0.1) is 0 Å². The van der Waals surface area contributed by atoms with Crippen LogP contribution in [0.3, 0.4) is 0 Å². The second-order valence-corrected chi connectivity index (χ2v) is 4.33. The molecule has 0 saturated heterocycles. The van der Waals surface area contributed by atoms with E-state index in [9.17, 15) is 4.39 Å². The summed E-state index contributed by atoms with van der Waals surface area (Å²) in [6.45, 7) is 2.07. The maximum absolute atomic E-state index is 13.7. The quantitative estimate of drug-likeness (QED) is 0.817. The molecule has 0 saturated carbocycles. The average Bonchev–Trinajstić information content (AvgIpc) is 2.39. The fraction of sp³-hybridized carbons (Fsp3) is 0.143. The first kappa shape index (κ1) is 13.6. The van der Waals surface area contributed by atoms with Crippen molar-refractivity contribution in [1.29, 1.82) is 0 Å². The van der Waals surface area contributed by atoms with Crippen LogP contribution in [0.4, 0.5) is 4.39 Å². The van der Waals surface area contributed by atoms with Crippen LogP contribution in [0.1, 0.15) is 11.1 Å². The molecule has 0 bridgehead atoms. The standard InChI is InChI=1S/C14H14BFO3/c1-10-2-6-13(7-3-10)19-9-11-4-5-12(15(17)18)8-14(11)16/h2-8,17-18H,9H2,1H3. The fourth-order valence-electron chi connectivity index (χ4n) is 1.64. The zero-order valence-corrected chi connectivity index (χ0v) is 10.5. The normalized spacial score (nSPS) is 10.3. The molecule has 0 aromatic heterocycles. The molecule has 0 fully saturated rings. The maximum Gasteiger partial charge on any atom is 0.488 e. The third kappa shape index (κ3) is 3.56. The highest BCUT2D eigenvalue weighted by Gasteiger charge is 2.13. The summed E-state index contributed by atoms with van der Waals surface area (Å²) in [5.41, 5.74) is 1.61. The summed E-state index contributed by atoms with van der Waals surface area (Å²) in [5.74, 6) is 0.147. The Bertz CT molecular complexity index is 555. The zero-order valence-electron chi connectivity index (χ0n) is 10.5. The van der Waals surface area contributed by atoms with E-state index in [1.165, 1.54) is 12.1 Å². The molecule has 2 aromatic rings. The molecule has 5 heteroatoms. The minimum absolute atomic E-state index is 0.0939. The number of hydrogen-bond donors (Lipinski definition) is 2. The van der Waals surface area contributed by atoms with Crippen molar-refractivity contribution in [3.8, 4) is 5.75 Å². The zero-order chi connectivity index (χ0) is 13.8. The van der Waals surface area contributed by atoms with E-state index in [0.29, 0.717) is 11.3 Å². The molecule has 0 unspecified atom stereocenters. The molecule has 19 heavy (non-hydrogen) atoms. The number of benzene rings is 2. The van der Waals surface area contributed by atoms with Crippen molar-refractivity contribution in [2.75, 3.05) is 0 Å². The van der Waals surface area contributed by atoms with Crippen LogP contribution in [0, 0.1) is 12.7 Å². The summed E-state index contributed by atoms with van der Waals surface area (Å²) in [5, 5.41) is 17.9. The van der Waals surface area contributed by atoms with Gasteiger partial charge in [0.1, 0.15) is 18.2 Å². The Morgan fingerprint density at radius 3 is 2.37 bits per heavy atom. The predicted octanol–water partition coefficient (Wildman–Crippen LogP) is 1.39. The molecular formula is C14H14BFO3. The number of halogens is 1. The summed E-state index contributed by atoms with van der Waals surface area (Å²) in [4.78, 5) is 0. The Kier molecular flexibility index (Phi) is 4.19. The van der Waals surface area contributed by atoms with Gasteiger partial charge in [-0.1, -0.05) is 29.8 Å². The first-order valence-corrected chi connectivity index (χ1v) is 5.90. The molecule has 98 valence electrons. The van der Waals surface area contributed by atoms with Gasteiger partial charge < -0.3 is 14.8 Å². The molecule has 0 spiro atoms. The third-order valence-corrected chi connectivity index (χ3v) is 2.79. The molecule has 0 heterocycles. The van der Waals surface area contributed by atoms with Gasteiger partial charge in [-0.2, -0.15) is 0 Å². The highest BCUT2D eigenvalue weighted by atomic mass is 19.1. The van der Waals surface area contributed by atoms with E-state index in [-0.39, 0.29) is 12.1 Å². The highest BCUT2D eigenvalue weighted by Crippen LogP contribution is 2.14. The minimum atomic E-state index is -1.67. The Hall–Kier alpha value is -1.85. The van der Waals surface area contributed by atoms with Gasteiger partial charge in [0.05, 0.1) is 0 Å². The second-order valence-electron chi connectivity index (χ2n) is 4.33. The SMILES string of the molecule is Cc1ccc(OCc2ccc(B(O)O)cc2F)cc1. The molecule has 0 amide bonds. The summed E-state index contributed by atoms with van der Waals surface area (Å²) >= 11 is 0. The molecule has 0 aliphatic rings. The van der Waals surface area contributed by atoms with Gasteiger partial charge in [-0.3, -0.25) is 0 Å². The molecular weight excluding hydrogens is 246 g/mol. The summed E-state index contributed by atoms with van der Waals surface area (Å²) in [6.07, 6.45) is 0. The topological polar surface area (TPSA) is 49.7 Å². The predicted molar refractivity (Wildman–Crippen MR) is 71.7 cm³/mol. The van der Waals surface area contributed by atoms with Crippen LogP contribution in [0.25, 0.3) is 0 Å². The molecule has 0 atom stereocenters. The molecule has 0 aliphatic heterocycles. The molecule has 2 N–H and O–H groups in total. The van der Waals surface area contributed by atoms with Gasteiger partial charge >= 0.3 is 7.12 Å². The summed E-state index contributed by atoms with van der Waals surface area (Å²) in [6, 6.07) is 11.5. The van der Waals surface area contributed by atoms with Crippen molar-refractivity contribution in [3.05, 3.63) is 59.4 Å². The number of rotatable bonds is 4. The lowest BCUT2D eigenvalue weighted by Crippen LogP contribution is -2.30. The Morgan fingerprint density at radius 2 is 1.79 bits per heavy atom. The van der Waals surface area contributed by atoms with E-state index in [4.69, 9.17) is 14.8 Å². The van der Waals surface area contributed by atoms with Crippen LogP contribution in [-0.2, 0) is 6.61 Å². The molecule has 3 nitrogen and oxygen atoms in total. The first-order chi connectivity index (χ1) is 9.06. The van der Waals surface area contributed by atoms with E-state index >= 15 is 0 Å². The van der Waals surface area contributed by atoms with Crippen molar-refractivity contribution >= 4 is 12.6 Å². The molecule has 0 aliphatic carbocycles. The number of ether oxygens (including phenoxy) is 1. The van der Waals surface area contributed by atoms with Crippen LogP contribution in [0.5, 0.6) is 5.75 Å². The van der Waals surface area contributed by atoms with E-state index in [0.717, 1.165) is 11.6 Å². The third-order valence-electron chi connectivity index (χ3n) is 2.79. The van der Waals surface area contributed by atoms with Crippen LogP contribution in [0.15, 0.2) is 42.5 Å². The molecule has 2 aromatic carbocycles. The first-order valence-electron chi connectivity index (χ1n) is 5.90. The molecule has 0 radical (unpaired) electrons. The van der Waals surface area contributed by atoms with Crippen LogP contribution in [-0.4, -0.2) is 17.2 Å². The van der Waals surface area contributed by atoms with Gasteiger partial charge in [0.15, 0.2) is 0 Å². The van der Waals surface area contributed by atoms with Crippen molar-refractivity contribution in [3.63, 3.8) is 0 Å². The Morgan fingerprint density at radius 1 is 1.11 bits per heavy atom. The highest BCUT2D eigenvalue weighted by molar-refractivity contribution is 6.58. The summed E-state index contributed by atoms with van der Waals surface area (Å²) < 4.78 is 19.1. The van der Waals surface area contributed by atoms with E-state index < -0.39 is 12.9 Å². The number of aryl methyl sites for hydroxylation is 1. The number of hydrogen-bond acceptors (Lipinski definition) is 3. The van der Waals surface area contributed by atoms with Gasteiger partial charge in [0.25, 0.3) is 0 Å². The second kappa shape index (κ2) is 5.86. The van der Waals surface area contributed by atoms with Gasteiger partial charge in [0, 0.05) is 5.56 Å². The van der Waals surface area contributed by atoms with E-state index in [2.05, 4.69) is 0 Å². The lowest BCUT2D eigenvalue weighted by Gasteiger charge is -2.08. The van der Waals surface area contributed by atoms with E-state index in [1.807, 2.05) is 31.2 Å². The van der Waals surface area contributed by atoms with Gasteiger partial charge in [-0.05, 0) is 30.6 Å². The van der Waals surface area contributed by atoms with Crippen LogP contribution in [0.2, 0.25) is 0 Å². The molecule has 2 rings (SSSR count). The van der Waals surface area contributed by atoms with Crippen LogP contribution < -0.4 is 10.2 Å². The van der Waals surface area contributed by atoms with Crippen molar-refractivity contribution < 1.29 is 19.2 Å². The van der Waals surface area contributed by atoms with Gasteiger partial charge in [-0.25, -0.2) is 4.39 Å². The van der Waals surface area contributed by atoms with Crippen molar-refractivity contribution in [2.24, 2.45) is 0 Å². The Balaban J connectivity index is 2.05. The minimum Gasteiger partial charge on any atom is -0.489 e. The van der Waals surface area contributed by atoms with Crippen molar-refractivity contribution in [1.82, 2.24) is 0 Å². The smallest absolute Gasteiger partial charge is 0.488 e. The largest absolute Gasteiger partial charge is 0.489 e. The van der Waals surface area contributed by atoms with Crippen LogP contribution >= 0.6 is 0 Å². The average molecular weight is 260 g/mol. The summed E-state index contributed by atoms with van der Waals surface area (Å²) in [7, 11) is -1.67. The lowest BCUT2D eigenvalue weighted by atomic mass is 9.80. The van der Waals surface area contributed by atoms with Crippen molar-refractivity contribution in [2.45, 2.75) is 13.5 Å².